The zero-order valence-electron chi connectivity index (χ0n) is 15.7. The molecule has 0 spiro atoms. The predicted octanol–water partition coefficient (Wildman–Crippen LogP) is 5.29. The number of halogens is 1. The van der Waals surface area contributed by atoms with Crippen molar-refractivity contribution >= 4 is 11.6 Å². The minimum absolute atomic E-state index is 0.00669. The van der Waals surface area contributed by atoms with E-state index in [1.54, 1.807) is 19.2 Å². The number of hydrogen-bond acceptors (Lipinski definition) is 2. The Labute approximate surface area is 154 Å². The molecule has 1 amide bonds. The highest BCUT2D eigenvalue weighted by Gasteiger charge is 2.41. The summed E-state index contributed by atoms with van der Waals surface area (Å²) in [4.78, 5) is 13.3. The largest absolute Gasteiger partial charge is 0.496 e. The highest BCUT2D eigenvalue weighted by Crippen LogP contribution is 2.41. The van der Waals surface area contributed by atoms with Gasteiger partial charge < -0.3 is 10.1 Å². The van der Waals surface area contributed by atoms with Gasteiger partial charge in [0.1, 0.15) is 11.6 Å². The third kappa shape index (κ3) is 3.46. The summed E-state index contributed by atoms with van der Waals surface area (Å²) in [5.74, 6) is 0.559. The van der Waals surface area contributed by atoms with Crippen molar-refractivity contribution in [1.29, 1.82) is 0 Å². The Bertz CT molecular complexity index is 769. The van der Waals surface area contributed by atoms with Crippen molar-refractivity contribution in [3.05, 3.63) is 58.9 Å². The molecule has 0 bridgehead atoms. The predicted molar refractivity (Wildman–Crippen MR) is 102 cm³/mol. The van der Waals surface area contributed by atoms with Crippen LogP contribution in [0.3, 0.4) is 0 Å². The molecule has 3 rings (SSSR count). The summed E-state index contributed by atoms with van der Waals surface area (Å²) in [5.41, 5.74) is 3.06. The number of carbonyl (C=O) groups is 1. The minimum atomic E-state index is -0.590. The number of carbonyl (C=O) groups excluding carboxylic acids is 1. The third-order valence-electron chi connectivity index (χ3n) is 5.46. The second-order valence-corrected chi connectivity index (χ2v) is 7.25. The van der Waals surface area contributed by atoms with Crippen molar-refractivity contribution in [3.63, 3.8) is 0 Å². The lowest BCUT2D eigenvalue weighted by molar-refractivity contribution is -0.122. The van der Waals surface area contributed by atoms with E-state index in [-0.39, 0.29) is 11.7 Å². The normalized spacial score (nSPS) is 16.2. The number of amides is 1. The fourth-order valence-corrected chi connectivity index (χ4v) is 4.17. The molecule has 0 aromatic heterocycles. The average Bonchev–Trinajstić information content (AvgIpc) is 2.62. The SMILES string of the molecule is COc1c(C)cc(NC(=O)C2(c3ccc(F)cc3)CCCCC2)cc1C. The van der Waals surface area contributed by atoms with E-state index < -0.39 is 5.41 Å². The van der Waals surface area contributed by atoms with Gasteiger partial charge in [-0.05, 0) is 67.6 Å². The molecule has 1 aliphatic rings. The van der Waals surface area contributed by atoms with E-state index in [0.29, 0.717) is 0 Å². The molecular weight excluding hydrogens is 329 g/mol. The molecule has 0 heterocycles. The first-order valence-corrected chi connectivity index (χ1v) is 9.19. The number of rotatable bonds is 4. The van der Waals surface area contributed by atoms with Crippen molar-refractivity contribution in [3.8, 4) is 5.75 Å². The first-order valence-electron chi connectivity index (χ1n) is 9.19. The van der Waals surface area contributed by atoms with Gasteiger partial charge in [0.15, 0.2) is 0 Å². The molecule has 1 N–H and O–H groups in total. The second kappa shape index (κ2) is 7.48. The Balaban J connectivity index is 1.93. The molecule has 1 aliphatic carbocycles. The quantitative estimate of drug-likeness (QED) is 0.809. The van der Waals surface area contributed by atoms with Crippen LogP contribution in [-0.4, -0.2) is 13.0 Å². The highest BCUT2D eigenvalue weighted by atomic mass is 19.1. The van der Waals surface area contributed by atoms with Gasteiger partial charge in [-0.15, -0.1) is 0 Å². The molecule has 1 fully saturated rings. The molecule has 2 aromatic rings. The fourth-order valence-electron chi connectivity index (χ4n) is 4.17. The van der Waals surface area contributed by atoms with Crippen molar-refractivity contribution in [2.24, 2.45) is 0 Å². The van der Waals surface area contributed by atoms with Crippen LogP contribution in [0.15, 0.2) is 36.4 Å². The van der Waals surface area contributed by atoms with E-state index in [1.165, 1.54) is 12.1 Å². The van der Waals surface area contributed by atoms with E-state index in [0.717, 1.165) is 60.2 Å². The van der Waals surface area contributed by atoms with Crippen molar-refractivity contribution in [1.82, 2.24) is 0 Å². The molecule has 1 saturated carbocycles. The van der Waals surface area contributed by atoms with Crippen LogP contribution < -0.4 is 10.1 Å². The number of aryl methyl sites for hydroxylation is 2. The highest BCUT2D eigenvalue weighted by molar-refractivity contribution is 5.99. The van der Waals surface area contributed by atoms with Crippen LogP contribution in [0.4, 0.5) is 10.1 Å². The van der Waals surface area contributed by atoms with Crippen LogP contribution in [0.25, 0.3) is 0 Å². The van der Waals surface area contributed by atoms with Gasteiger partial charge >= 0.3 is 0 Å². The van der Waals surface area contributed by atoms with Crippen LogP contribution in [0.5, 0.6) is 5.75 Å². The monoisotopic (exact) mass is 355 g/mol. The molecule has 3 nitrogen and oxygen atoms in total. The van der Waals surface area contributed by atoms with Gasteiger partial charge in [-0.1, -0.05) is 31.4 Å². The van der Waals surface area contributed by atoms with Gasteiger partial charge in [-0.2, -0.15) is 0 Å². The van der Waals surface area contributed by atoms with E-state index in [9.17, 15) is 9.18 Å². The first-order chi connectivity index (χ1) is 12.5. The Morgan fingerprint density at radius 3 is 2.15 bits per heavy atom. The van der Waals surface area contributed by atoms with Crippen LogP contribution >= 0.6 is 0 Å². The first kappa shape index (κ1) is 18.4. The number of benzene rings is 2. The van der Waals surface area contributed by atoms with Gasteiger partial charge in [0.05, 0.1) is 12.5 Å². The molecular formula is C22H26FNO2. The maximum absolute atomic E-state index is 13.4. The van der Waals surface area contributed by atoms with Crippen molar-refractivity contribution < 1.29 is 13.9 Å². The molecule has 4 heteroatoms. The summed E-state index contributed by atoms with van der Waals surface area (Å²) in [6.45, 7) is 3.94. The Morgan fingerprint density at radius 2 is 1.62 bits per heavy atom. The summed E-state index contributed by atoms with van der Waals surface area (Å²) in [5, 5.41) is 3.11. The summed E-state index contributed by atoms with van der Waals surface area (Å²) < 4.78 is 18.8. The smallest absolute Gasteiger partial charge is 0.235 e. The van der Waals surface area contributed by atoms with Crippen molar-refractivity contribution in [2.75, 3.05) is 12.4 Å². The molecule has 0 atom stereocenters. The lowest BCUT2D eigenvalue weighted by atomic mass is 9.68. The molecule has 0 radical (unpaired) electrons. The van der Waals surface area contributed by atoms with Crippen molar-refractivity contribution in [2.45, 2.75) is 51.4 Å². The zero-order valence-corrected chi connectivity index (χ0v) is 15.7. The fraction of sp³-hybridized carbons (Fsp3) is 0.409. The molecule has 0 unspecified atom stereocenters. The van der Waals surface area contributed by atoms with E-state index >= 15 is 0 Å². The average molecular weight is 355 g/mol. The van der Waals surface area contributed by atoms with Gasteiger partial charge in [0.25, 0.3) is 0 Å². The van der Waals surface area contributed by atoms with Gasteiger partial charge in [-0.25, -0.2) is 4.39 Å². The Kier molecular flexibility index (Phi) is 5.30. The topological polar surface area (TPSA) is 38.3 Å². The summed E-state index contributed by atoms with van der Waals surface area (Å²) >= 11 is 0. The summed E-state index contributed by atoms with van der Waals surface area (Å²) in [6, 6.07) is 10.3. The molecule has 138 valence electrons. The standard InChI is InChI=1S/C22H26FNO2/c1-15-13-19(14-16(2)20(15)26-3)24-21(25)22(11-5-4-6-12-22)17-7-9-18(23)10-8-17/h7-10,13-14H,4-6,11-12H2,1-3H3,(H,24,25). The Hall–Kier alpha value is -2.36. The third-order valence-corrected chi connectivity index (χ3v) is 5.46. The number of hydrogen-bond donors (Lipinski definition) is 1. The number of anilines is 1. The number of methoxy groups -OCH3 is 1. The number of ether oxygens (including phenoxy) is 1. The van der Waals surface area contributed by atoms with Gasteiger partial charge in [0, 0.05) is 5.69 Å². The van der Waals surface area contributed by atoms with Gasteiger partial charge in [0.2, 0.25) is 5.91 Å². The van der Waals surface area contributed by atoms with Crippen LogP contribution in [-0.2, 0) is 10.2 Å². The van der Waals surface area contributed by atoms with E-state index in [2.05, 4.69) is 5.32 Å². The molecule has 2 aromatic carbocycles. The lowest BCUT2D eigenvalue weighted by Crippen LogP contribution is -2.42. The van der Waals surface area contributed by atoms with Crippen LogP contribution in [0.2, 0.25) is 0 Å². The van der Waals surface area contributed by atoms with Crippen LogP contribution in [0.1, 0.15) is 48.8 Å². The molecule has 26 heavy (non-hydrogen) atoms. The van der Waals surface area contributed by atoms with Gasteiger partial charge in [-0.3, -0.25) is 4.79 Å². The van der Waals surface area contributed by atoms with E-state index in [4.69, 9.17) is 4.74 Å². The van der Waals surface area contributed by atoms with E-state index in [1.807, 2.05) is 26.0 Å². The zero-order chi connectivity index (χ0) is 18.7. The Morgan fingerprint density at radius 1 is 1.04 bits per heavy atom. The summed E-state index contributed by atoms with van der Waals surface area (Å²) in [6.07, 6.45) is 4.73. The minimum Gasteiger partial charge on any atom is -0.496 e. The summed E-state index contributed by atoms with van der Waals surface area (Å²) in [7, 11) is 1.65. The molecule has 0 aliphatic heterocycles. The second-order valence-electron chi connectivity index (χ2n) is 7.25. The molecule has 0 saturated heterocycles. The maximum Gasteiger partial charge on any atom is 0.235 e. The van der Waals surface area contributed by atoms with Crippen LogP contribution in [0, 0.1) is 19.7 Å². The lowest BCUT2D eigenvalue weighted by Gasteiger charge is -2.36. The number of nitrogens with one attached hydrogen (secondary N) is 1. The maximum atomic E-state index is 13.4.